The molecule has 1 aromatic rings. The van der Waals surface area contributed by atoms with Gasteiger partial charge in [0.2, 0.25) is 5.95 Å². The summed E-state index contributed by atoms with van der Waals surface area (Å²) in [6, 6.07) is 2.26. The van der Waals surface area contributed by atoms with Gasteiger partial charge in [0, 0.05) is 26.0 Å². The number of rotatable bonds is 6. The van der Waals surface area contributed by atoms with Gasteiger partial charge < -0.3 is 16.4 Å². The van der Waals surface area contributed by atoms with E-state index in [1.165, 1.54) is 13.2 Å². The van der Waals surface area contributed by atoms with Gasteiger partial charge in [-0.25, -0.2) is 4.98 Å². The zero-order chi connectivity index (χ0) is 19.5. The molecule has 1 fully saturated rings. The quantitative estimate of drug-likeness (QED) is 0.667. The van der Waals surface area contributed by atoms with Crippen molar-refractivity contribution in [1.82, 2.24) is 9.97 Å². The minimum Gasteiger partial charge on any atom is -0.403 e. The average Bonchev–Trinajstić information content (AvgIpc) is 3.27. The summed E-state index contributed by atoms with van der Waals surface area (Å²) < 4.78 is 38.7. The predicted octanol–water partition coefficient (Wildman–Crippen LogP) is 2.76. The van der Waals surface area contributed by atoms with Crippen molar-refractivity contribution in [3.05, 3.63) is 23.7 Å². The molecule has 1 heterocycles. The predicted molar refractivity (Wildman–Crippen MR) is 92.3 cm³/mol. The summed E-state index contributed by atoms with van der Waals surface area (Å²) in [6.07, 6.45) is -1.82. The lowest BCUT2D eigenvalue weighted by Crippen LogP contribution is -2.16. The zero-order valence-corrected chi connectivity index (χ0v) is 14.6. The van der Waals surface area contributed by atoms with Gasteiger partial charge in [-0.15, -0.1) is 0 Å². The molecule has 0 aliphatic heterocycles. The Morgan fingerprint density at radius 2 is 2.27 bits per heavy atom. The summed E-state index contributed by atoms with van der Waals surface area (Å²) in [4.78, 5) is 11.9. The van der Waals surface area contributed by atoms with E-state index in [1.807, 2.05) is 6.92 Å². The second-order valence-electron chi connectivity index (χ2n) is 6.27. The van der Waals surface area contributed by atoms with E-state index in [-0.39, 0.29) is 23.1 Å². The summed E-state index contributed by atoms with van der Waals surface area (Å²) in [5.41, 5.74) is 5.22. The smallest absolute Gasteiger partial charge is 0.403 e. The van der Waals surface area contributed by atoms with E-state index in [0.717, 1.165) is 6.42 Å². The van der Waals surface area contributed by atoms with Crippen molar-refractivity contribution in [2.24, 2.45) is 22.1 Å². The number of anilines is 2. The Hall–Kier alpha value is -2.83. The van der Waals surface area contributed by atoms with Crippen LogP contribution in [0.2, 0.25) is 0 Å². The van der Waals surface area contributed by atoms with E-state index >= 15 is 0 Å². The van der Waals surface area contributed by atoms with Crippen LogP contribution < -0.4 is 16.4 Å². The fourth-order valence-corrected chi connectivity index (χ4v) is 2.40. The van der Waals surface area contributed by atoms with Crippen LogP contribution in [0, 0.1) is 22.7 Å². The topological polar surface area (TPSA) is 112 Å². The SMILES string of the molecule is CNc1nc(NC(=C/N)/C(C)=N\C[C@H]2C[C@@]2(C)C#N)ncc1C(F)(F)F. The molecule has 0 spiro atoms. The van der Waals surface area contributed by atoms with Gasteiger partial charge in [0.05, 0.1) is 22.9 Å². The van der Waals surface area contributed by atoms with Gasteiger partial charge in [-0.1, -0.05) is 0 Å². The fraction of sp³-hybridized carbons (Fsp3) is 0.500. The Labute approximate surface area is 149 Å². The molecule has 1 aliphatic carbocycles. The van der Waals surface area contributed by atoms with Crippen LogP contribution in [0.25, 0.3) is 0 Å². The number of nitrogens with one attached hydrogen (secondary N) is 2. The minimum atomic E-state index is -4.56. The molecule has 0 radical (unpaired) electrons. The molecule has 0 amide bonds. The van der Waals surface area contributed by atoms with Gasteiger partial charge in [-0.3, -0.25) is 4.99 Å². The van der Waals surface area contributed by atoms with Crippen LogP contribution in [0.4, 0.5) is 24.9 Å². The Morgan fingerprint density at radius 1 is 1.58 bits per heavy atom. The van der Waals surface area contributed by atoms with Crippen LogP contribution in [0.1, 0.15) is 25.8 Å². The van der Waals surface area contributed by atoms with Gasteiger partial charge in [-0.2, -0.15) is 23.4 Å². The summed E-state index contributed by atoms with van der Waals surface area (Å²) in [6.45, 7) is 4.07. The van der Waals surface area contributed by atoms with Crippen LogP contribution in [0.5, 0.6) is 0 Å². The maximum absolute atomic E-state index is 12.9. The Balaban J connectivity index is 2.12. The number of aliphatic imine (C=N–C) groups is 1. The van der Waals surface area contributed by atoms with E-state index in [2.05, 4.69) is 31.7 Å². The molecule has 0 unspecified atom stereocenters. The van der Waals surface area contributed by atoms with Crippen LogP contribution in [0.15, 0.2) is 23.1 Å². The molecule has 0 saturated heterocycles. The lowest BCUT2D eigenvalue weighted by Gasteiger charge is -2.14. The molecule has 0 aromatic carbocycles. The Kier molecular flexibility index (Phi) is 5.39. The fourth-order valence-electron chi connectivity index (χ4n) is 2.40. The maximum Gasteiger partial charge on any atom is 0.421 e. The van der Waals surface area contributed by atoms with E-state index in [9.17, 15) is 13.2 Å². The van der Waals surface area contributed by atoms with Gasteiger partial charge in [-0.05, 0) is 26.2 Å². The molecule has 2 rings (SSSR count). The second-order valence-corrected chi connectivity index (χ2v) is 6.27. The monoisotopic (exact) mass is 367 g/mol. The van der Waals surface area contributed by atoms with E-state index in [4.69, 9.17) is 11.0 Å². The van der Waals surface area contributed by atoms with Crippen molar-refractivity contribution in [2.45, 2.75) is 26.4 Å². The highest BCUT2D eigenvalue weighted by Gasteiger charge is 2.50. The van der Waals surface area contributed by atoms with Crippen molar-refractivity contribution in [1.29, 1.82) is 5.26 Å². The number of hydrogen-bond acceptors (Lipinski definition) is 7. The molecular formula is C16H20F3N7. The molecule has 4 N–H and O–H groups in total. The standard InChI is InChI=1S/C16H20F3N7/c1-9(23-6-10-4-15(10,2)8-21)12(5-20)25-14-24-7-11(16(17,18)19)13(22-3)26-14/h5,7,10H,4,6,20H2,1-3H3,(H2,22,24,25,26)/b12-5+,23-9-/t10-,15+/m1/s1. The van der Waals surface area contributed by atoms with E-state index in [0.29, 0.717) is 24.2 Å². The van der Waals surface area contributed by atoms with Crippen LogP contribution in [-0.4, -0.2) is 29.3 Å². The molecule has 1 aromatic heterocycles. The molecule has 0 bridgehead atoms. The molecule has 2 atom stereocenters. The number of nitriles is 1. The minimum absolute atomic E-state index is 0.0399. The van der Waals surface area contributed by atoms with Crippen molar-refractivity contribution in [3.63, 3.8) is 0 Å². The van der Waals surface area contributed by atoms with Crippen molar-refractivity contribution in [2.75, 3.05) is 24.2 Å². The van der Waals surface area contributed by atoms with Gasteiger partial charge in [0.15, 0.2) is 0 Å². The summed E-state index contributed by atoms with van der Waals surface area (Å²) in [7, 11) is 1.34. The van der Waals surface area contributed by atoms with E-state index in [1.54, 1.807) is 6.92 Å². The molecule has 10 heteroatoms. The highest BCUT2D eigenvalue weighted by atomic mass is 19.4. The average molecular weight is 367 g/mol. The third kappa shape index (κ3) is 4.22. The molecule has 26 heavy (non-hydrogen) atoms. The lowest BCUT2D eigenvalue weighted by atomic mass is 10.1. The van der Waals surface area contributed by atoms with E-state index < -0.39 is 11.7 Å². The summed E-state index contributed by atoms with van der Waals surface area (Å²) in [5.74, 6) is -0.190. The highest BCUT2D eigenvalue weighted by molar-refractivity contribution is 6.00. The number of aromatic nitrogens is 2. The summed E-state index contributed by atoms with van der Waals surface area (Å²) >= 11 is 0. The molecule has 140 valence electrons. The lowest BCUT2D eigenvalue weighted by molar-refractivity contribution is -0.137. The third-order valence-electron chi connectivity index (χ3n) is 4.35. The van der Waals surface area contributed by atoms with Crippen molar-refractivity contribution in [3.8, 4) is 6.07 Å². The first-order chi connectivity index (χ1) is 12.1. The number of nitrogens with zero attached hydrogens (tertiary/aromatic N) is 4. The Morgan fingerprint density at radius 3 is 2.77 bits per heavy atom. The first-order valence-electron chi connectivity index (χ1n) is 7.88. The van der Waals surface area contributed by atoms with Crippen LogP contribution in [0.3, 0.4) is 0 Å². The van der Waals surface area contributed by atoms with Crippen molar-refractivity contribution >= 4 is 17.5 Å². The maximum atomic E-state index is 12.9. The van der Waals surface area contributed by atoms with Gasteiger partial charge in [0.1, 0.15) is 11.4 Å². The number of nitrogens with two attached hydrogens (primary N) is 1. The van der Waals surface area contributed by atoms with Crippen molar-refractivity contribution < 1.29 is 13.2 Å². The normalized spacial score (nSPS) is 23.3. The summed E-state index contributed by atoms with van der Waals surface area (Å²) in [5, 5.41) is 14.2. The van der Waals surface area contributed by atoms with Crippen LogP contribution >= 0.6 is 0 Å². The first kappa shape index (κ1) is 19.5. The number of hydrogen-bond donors (Lipinski definition) is 3. The molecule has 1 aliphatic rings. The number of halogens is 3. The molecule has 1 saturated carbocycles. The van der Waals surface area contributed by atoms with Gasteiger partial charge >= 0.3 is 6.18 Å². The zero-order valence-electron chi connectivity index (χ0n) is 14.6. The molecule has 7 nitrogen and oxygen atoms in total. The molecular weight excluding hydrogens is 347 g/mol. The first-order valence-corrected chi connectivity index (χ1v) is 7.88. The van der Waals surface area contributed by atoms with Gasteiger partial charge in [0.25, 0.3) is 0 Å². The highest BCUT2D eigenvalue weighted by Crippen LogP contribution is 2.51. The number of alkyl halides is 3. The third-order valence-corrected chi connectivity index (χ3v) is 4.35. The second kappa shape index (κ2) is 7.19. The Bertz CT molecular complexity index is 779. The number of allylic oxidation sites excluding steroid dienone is 1. The van der Waals surface area contributed by atoms with Crippen LogP contribution in [-0.2, 0) is 6.18 Å². The largest absolute Gasteiger partial charge is 0.421 e.